The zero-order valence-electron chi connectivity index (χ0n) is 10.2. The van der Waals surface area contributed by atoms with E-state index in [1.165, 1.54) is 0 Å². The van der Waals surface area contributed by atoms with E-state index < -0.39 is 12.1 Å². The fourth-order valence-corrected chi connectivity index (χ4v) is 1.20. The molecule has 3 heteroatoms. The third-order valence-corrected chi connectivity index (χ3v) is 2.09. The lowest BCUT2D eigenvalue weighted by Crippen LogP contribution is -2.23. The SMILES string of the molecule is CCC=CCC=CCCOC(CC)C(=O)O. The van der Waals surface area contributed by atoms with Gasteiger partial charge >= 0.3 is 5.97 Å². The smallest absolute Gasteiger partial charge is 0.332 e. The van der Waals surface area contributed by atoms with Crippen molar-refractivity contribution in [2.75, 3.05) is 6.61 Å². The van der Waals surface area contributed by atoms with E-state index in [0.717, 1.165) is 19.3 Å². The summed E-state index contributed by atoms with van der Waals surface area (Å²) in [5.41, 5.74) is 0. The van der Waals surface area contributed by atoms with Crippen molar-refractivity contribution < 1.29 is 14.6 Å². The molecular formula is C13H22O3. The van der Waals surface area contributed by atoms with Crippen LogP contribution >= 0.6 is 0 Å². The Morgan fingerprint density at radius 1 is 1.25 bits per heavy atom. The van der Waals surface area contributed by atoms with Crippen LogP contribution in [0.4, 0.5) is 0 Å². The van der Waals surface area contributed by atoms with Gasteiger partial charge in [0.15, 0.2) is 6.10 Å². The van der Waals surface area contributed by atoms with Gasteiger partial charge in [-0.3, -0.25) is 0 Å². The molecule has 0 spiro atoms. The molecule has 0 aromatic carbocycles. The molecule has 0 rings (SSSR count). The van der Waals surface area contributed by atoms with Gasteiger partial charge in [-0.25, -0.2) is 4.79 Å². The highest BCUT2D eigenvalue weighted by atomic mass is 16.5. The summed E-state index contributed by atoms with van der Waals surface area (Å²) >= 11 is 0. The van der Waals surface area contributed by atoms with Gasteiger partial charge in [0.2, 0.25) is 0 Å². The van der Waals surface area contributed by atoms with Crippen molar-refractivity contribution >= 4 is 5.97 Å². The van der Waals surface area contributed by atoms with Crippen LogP contribution < -0.4 is 0 Å². The first-order valence-electron chi connectivity index (χ1n) is 5.86. The van der Waals surface area contributed by atoms with E-state index in [1.807, 2.05) is 13.0 Å². The highest BCUT2D eigenvalue weighted by Gasteiger charge is 2.13. The van der Waals surface area contributed by atoms with Crippen molar-refractivity contribution in [1.29, 1.82) is 0 Å². The van der Waals surface area contributed by atoms with Crippen molar-refractivity contribution in [2.24, 2.45) is 0 Å². The molecular weight excluding hydrogens is 204 g/mol. The fourth-order valence-electron chi connectivity index (χ4n) is 1.20. The van der Waals surface area contributed by atoms with E-state index in [4.69, 9.17) is 9.84 Å². The summed E-state index contributed by atoms with van der Waals surface area (Å²) in [6, 6.07) is 0. The summed E-state index contributed by atoms with van der Waals surface area (Å²) in [5.74, 6) is -0.877. The molecule has 1 atom stereocenters. The maximum atomic E-state index is 10.6. The molecule has 0 saturated carbocycles. The molecule has 0 saturated heterocycles. The van der Waals surface area contributed by atoms with Crippen molar-refractivity contribution in [3.63, 3.8) is 0 Å². The predicted octanol–water partition coefficient (Wildman–Crippen LogP) is 3.17. The molecule has 92 valence electrons. The van der Waals surface area contributed by atoms with Crippen molar-refractivity contribution in [3.05, 3.63) is 24.3 Å². The number of rotatable bonds is 9. The van der Waals surface area contributed by atoms with Crippen LogP contribution in [0.15, 0.2) is 24.3 Å². The van der Waals surface area contributed by atoms with Crippen molar-refractivity contribution in [2.45, 2.75) is 45.6 Å². The molecule has 0 aliphatic rings. The highest BCUT2D eigenvalue weighted by molar-refractivity contribution is 5.72. The zero-order chi connectivity index (χ0) is 12.2. The summed E-state index contributed by atoms with van der Waals surface area (Å²) in [6.45, 7) is 4.38. The van der Waals surface area contributed by atoms with Gasteiger partial charge in [-0.1, -0.05) is 38.2 Å². The molecule has 0 amide bonds. The van der Waals surface area contributed by atoms with Gasteiger partial charge in [0, 0.05) is 0 Å². The molecule has 0 radical (unpaired) electrons. The second kappa shape index (κ2) is 10.4. The number of hydrogen-bond acceptors (Lipinski definition) is 2. The minimum absolute atomic E-state index is 0.471. The number of hydrogen-bond donors (Lipinski definition) is 1. The minimum Gasteiger partial charge on any atom is -0.479 e. The molecule has 0 aromatic heterocycles. The quantitative estimate of drug-likeness (QED) is 0.485. The van der Waals surface area contributed by atoms with Gasteiger partial charge < -0.3 is 9.84 Å². The normalized spacial score (nSPS) is 13.6. The Hall–Kier alpha value is -1.09. The molecule has 0 fully saturated rings. The zero-order valence-corrected chi connectivity index (χ0v) is 10.2. The maximum absolute atomic E-state index is 10.6. The molecule has 0 aliphatic carbocycles. The topological polar surface area (TPSA) is 46.5 Å². The van der Waals surface area contributed by atoms with Crippen molar-refractivity contribution in [1.82, 2.24) is 0 Å². The average molecular weight is 226 g/mol. The number of carboxylic acids is 1. The summed E-state index contributed by atoms with van der Waals surface area (Å²) in [4.78, 5) is 10.6. The lowest BCUT2D eigenvalue weighted by molar-refractivity contribution is -0.150. The number of ether oxygens (including phenoxy) is 1. The number of aliphatic carboxylic acids is 1. The number of carbonyl (C=O) groups is 1. The average Bonchev–Trinajstić information content (AvgIpc) is 2.26. The van der Waals surface area contributed by atoms with Crippen LogP contribution in [0, 0.1) is 0 Å². The second-order valence-electron chi connectivity index (χ2n) is 3.48. The van der Waals surface area contributed by atoms with E-state index in [-0.39, 0.29) is 0 Å². The monoisotopic (exact) mass is 226 g/mol. The molecule has 0 heterocycles. The first-order chi connectivity index (χ1) is 7.72. The Morgan fingerprint density at radius 2 is 1.94 bits per heavy atom. The van der Waals surface area contributed by atoms with E-state index in [0.29, 0.717) is 13.0 Å². The predicted molar refractivity (Wildman–Crippen MR) is 65.5 cm³/mol. The third-order valence-electron chi connectivity index (χ3n) is 2.09. The summed E-state index contributed by atoms with van der Waals surface area (Å²) in [7, 11) is 0. The Morgan fingerprint density at radius 3 is 2.50 bits per heavy atom. The van der Waals surface area contributed by atoms with E-state index in [9.17, 15) is 4.79 Å². The first kappa shape index (κ1) is 14.9. The van der Waals surface area contributed by atoms with Crippen LogP contribution in [0.2, 0.25) is 0 Å². The summed E-state index contributed by atoms with van der Waals surface area (Å²) < 4.78 is 5.21. The van der Waals surface area contributed by atoms with E-state index in [2.05, 4.69) is 25.2 Å². The Bertz CT molecular complexity index is 231. The maximum Gasteiger partial charge on any atom is 0.332 e. The third kappa shape index (κ3) is 8.24. The molecule has 0 bridgehead atoms. The lowest BCUT2D eigenvalue weighted by atomic mass is 10.2. The molecule has 3 nitrogen and oxygen atoms in total. The molecule has 1 unspecified atom stereocenters. The number of allylic oxidation sites excluding steroid dienone is 3. The van der Waals surface area contributed by atoms with E-state index >= 15 is 0 Å². The van der Waals surface area contributed by atoms with Crippen LogP contribution in [-0.4, -0.2) is 23.8 Å². The lowest BCUT2D eigenvalue weighted by Gasteiger charge is -2.09. The Balaban J connectivity index is 3.51. The summed E-state index contributed by atoms with van der Waals surface area (Å²) in [5, 5.41) is 8.72. The van der Waals surface area contributed by atoms with E-state index in [1.54, 1.807) is 0 Å². The van der Waals surface area contributed by atoms with Gasteiger partial charge in [0.25, 0.3) is 0 Å². The van der Waals surface area contributed by atoms with Gasteiger partial charge in [-0.05, 0) is 25.7 Å². The molecule has 0 aromatic rings. The Kier molecular flexibility index (Phi) is 9.72. The van der Waals surface area contributed by atoms with Crippen LogP contribution in [0.5, 0.6) is 0 Å². The minimum atomic E-state index is -0.877. The highest BCUT2D eigenvalue weighted by Crippen LogP contribution is 2.00. The van der Waals surface area contributed by atoms with Crippen LogP contribution in [0.25, 0.3) is 0 Å². The Labute approximate surface area is 97.8 Å². The number of carboxylic acid groups (broad SMARTS) is 1. The fraction of sp³-hybridized carbons (Fsp3) is 0.615. The summed E-state index contributed by atoms with van der Waals surface area (Å²) in [6.07, 6.45) is 10.9. The van der Waals surface area contributed by atoms with Crippen LogP contribution in [0.3, 0.4) is 0 Å². The van der Waals surface area contributed by atoms with Crippen molar-refractivity contribution in [3.8, 4) is 0 Å². The standard InChI is InChI=1S/C13H22O3/c1-3-5-6-7-8-9-10-11-16-12(4-2)13(14)15/h5-6,8-9,12H,3-4,7,10-11H2,1-2H3,(H,14,15). The molecule has 16 heavy (non-hydrogen) atoms. The molecule has 1 N–H and O–H groups in total. The largest absolute Gasteiger partial charge is 0.479 e. The molecule has 0 aliphatic heterocycles. The van der Waals surface area contributed by atoms with Gasteiger partial charge in [-0.2, -0.15) is 0 Å². The van der Waals surface area contributed by atoms with Gasteiger partial charge in [0.1, 0.15) is 0 Å². The van der Waals surface area contributed by atoms with Gasteiger partial charge in [-0.15, -0.1) is 0 Å². The first-order valence-corrected chi connectivity index (χ1v) is 5.86. The second-order valence-corrected chi connectivity index (χ2v) is 3.48. The van der Waals surface area contributed by atoms with Crippen LogP contribution in [0.1, 0.15) is 39.5 Å². The van der Waals surface area contributed by atoms with Crippen LogP contribution in [-0.2, 0) is 9.53 Å². The van der Waals surface area contributed by atoms with Gasteiger partial charge in [0.05, 0.1) is 6.61 Å².